The van der Waals surface area contributed by atoms with Gasteiger partial charge in [0.05, 0.1) is 17.7 Å². The van der Waals surface area contributed by atoms with E-state index in [9.17, 15) is 0 Å². The molecule has 2 nitrogen and oxygen atoms in total. The van der Waals surface area contributed by atoms with Crippen LogP contribution in [0.1, 0.15) is 11.6 Å². The van der Waals surface area contributed by atoms with Gasteiger partial charge in [-0.05, 0) is 27.6 Å². The summed E-state index contributed by atoms with van der Waals surface area (Å²) in [5.74, 6) is 0. The maximum atomic E-state index is 6.04. The number of hydrogen-bond donors (Lipinski definition) is 1. The van der Waals surface area contributed by atoms with Gasteiger partial charge in [0, 0.05) is 11.6 Å². The Kier molecular flexibility index (Phi) is 4.19. The van der Waals surface area contributed by atoms with Crippen molar-refractivity contribution < 1.29 is 4.74 Å². The van der Waals surface area contributed by atoms with Gasteiger partial charge in [-0.3, -0.25) is 0 Å². The van der Waals surface area contributed by atoms with Gasteiger partial charge in [0.25, 0.3) is 0 Å². The third-order valence-corrected chi connectivity index (χ3v) is 3.04. The van der Waals surface area contributed by atoms with E-state index >= 15 is 0 Å². The van der Waals surface area contributed by atoms with E-state index in [0.717, 1.165) is 10.0 Å². The quantitative estimate of drug-likeness (QED) is 0.911. The number of rotatable bonds is 3. The number of halogens is 2. The third-order valence-electron chi connectivity index (χ3n) is 1.73. The predicted molar refractivity (Wildman–Crippen MR) is 58.0 cm³/mol. The van der Waals surface area contributed by atoms with Crippen LogP contribution in [0, 0.1) is 0 Å². The first kappa shape index (κ1) is 11.0. The molecule has 72 valence electrons. The van der Waals surface area contributed by atoms with E-state index in [-0.39, 0.29) is 6.04 Å². The highest BCUT2D eigenvalue weighted by atomic mass is 79.9. The predicted octanol–water partition coefficient (Wildman–Crippen LogP) is 2.75. The van der Waals surface area contributed by atoms with Crippen LogP contribution in [0.15, 0.2) is 22.7 Å². The lowest BCUT2D eigenvalue weighted by Crippen LogP contribution is -2.16. The van der Waals surface area contributed by atoms with Crippen LogP contribution < -0.4 is 5.73 Å². The molecule has 0 fully saturated rings. The maximum Gasteiger partial charge on any atom is 0.0656 e. The zero-order chi connectivity index (χ0) is 9.84. The maximum absolute atomic E-state index is 6.04. The summed E-state index contributed by atoms with van der Waals surface area (Å²) in [5, 5.41) is 0.659. The molecule has 0 saturated carbocycles. The molecule has 1 atom stereocenters. The second kappa shape index (κ2) is 4.96. The molecule has 0 radical (unpaired) electrons. The second-order valence-corrected chi connectivity index (χ2v) is 3.94. The summed E-state index contributed by atoms with van der Waals surface area (Å²) in [7, 11) is 1.62. The van der Waals surface area contributed by atoms with E-state index in [4.69, 9.17) is 22.1 Å². The average molecular weight is 265 g/mol. The zero-order valence-corrected chi connectivity index (χ0v) is 9.60. The van der Waals surface area contributed by atoms with Gasteiger partial charge in [0.2, 0.25) is 0 Å². The molecule has 0 spiro atoms. The van der Waals surface area contributed by atoms with Crippen LogP contribution in [0.4, 0.5) is 0 Å². The number of nitrogens with two attached hydrogens (primary N) is 1. The SMILES string of the molecule is COC[C@@H](N)c1cccc(Br)c1Cl. The monoisotopic (exact) mass is 263 g/mol. The smallest absolute Gasteiger partial charge is 0.0656 e. The lowest BCUT2D eigenvalue weighted by Gasteiger charge is -2.13. The molecule has 0 bridgehead atoms. The number of benzene rings is 1. The minimum Gasteiger partial charge on any atom is -0.383 e. The first-order chi connectivity index (χ1) is 6.16. The van der Waals surface area contributed by atoms with Crippen LogP contribution in [-0.4, -0.2) is 13.7 Å². The van der Waals surface area contributed by atoms with Crippen molar-refractivity contribution >= 4 is 27.5 Å². The number of ether oxygens (including phenoxy) is 1. The van der Waals surface area contributed by atoms with Crippen molar-refractivity contribution in [2.24, 2.45) is 5.73 Å². The Morgan fingerprint density at radius 1 is 1.62 bits per heavy atom. The van der Waals surface area contributed by atoms with E-state index < -0.39 is 0 Å². The van der Waals surface area contributed by atoms with Crippen LogP contribution in [0.3, 0.4) is 0 Å². The molecular formula is C9H11BrClNO. The van der Waals surface area contributed by atoms with Crippen molar-refractivity contribution in [1.29, 1.82) is 0 Å². The molecule has 13 heavy (non-hydrogen) atoms. The fourth-order valence-electron chi connectivity index (χ4n) is 1.08. The fourth-order valence-corrected chi connectivity index (χ4v) is 1.72. The van der Waals surface area contributed by atoms with Crippen molar-refractivity contribution in [3.05, 3.63) is 33.3 Å². The Bertz CT molecular complexity index is 293. The van der Waals surface area contributed by atoms with Crippen molar-refractivity contribution in [1.82, 2.24) is 0 Å². The molecule has 1 rings (SSSR count). The van der Waals surface area contributed by atoms with Gasteiger partial charge in [-0.2, -0.15) is 0 Å². The summed E-state index contributed by atoms with van der Waals surface area (Å²) in [4.78, 5) is 0. The van der Waals surface area contributed by atoms with Crippen LogP contribution in [-0.2, 0) is 4.74 Å². The molecule has 4 heteroatoms. The Hall–Kier alpha value is -0.0900. The van der Waals surface area contributed by atoms with Gasteiger partial charge in [-0.15, -0.1) is 0 Å². The Labute approximate surface area is 91.2 Å². The van der Waals surface area contributed by atoms with Gasteiger partial charge < -0.3 is 10.5 Å². The second-order valence-electron chi connectivity index (χ2n) is 2.70. The summed E-state index contributed by atoms with van der Waals surface area (Å²) in [6.45, 7) is 0.468. The summed E-state index contributed by atoms with van der Waals surface area (Å²) in [6.07, 6.45) is 0. The molecule has 0 aromatic heterocycles. The zero-order valence-electron chi connectivity index (χ0n) is 7.26. The summed E-state index contributed by atoms with van der Waals surface area (Å²) in [5.41, 5.74) is 6.75. The topological polar surface area (TPSA) is 35.2 Å². The van der Waals surface area contributed by atoms with Crippen LogP contribution in [0.5, 0.6) is 0 Å². The normalized spacial score (nSPS) is 12.9. The summed E-state index contributed by atoms with van der Waals surface area (Å²) < 4.78 is 5.81. The molecule has 1 aromatic rings. The summed E-state index contributed by atoms with van der Waals surface area (Å²) >= 11 is 9.38. The molecule has 0 saturated heterocycles. The van der Waals surface area contributed by atoms with Gasteiger partial charge in [0.15, 0.2) is 0 Å². The average Bonchev–Trinajstić information content (AvgIpc) is 2.10. The van der Waals surface area contributed by atoms with Crippen LogP contribution >= 0.6 is 27.5 Å². The largest absolute Gasteiger partial charge is 0.383 e. The molecular weight excluding hydrogens is 253 g/mol. The van der Waals surface area contributed by atoms with E-state index in [1.807, 2.05) is 18.2 Å². The Balaban J connectivity index is 2.93. The van der Waals surface area contributed by atoms with E-state index in [1.54, 1.807) is 7.11 Å². The molecule has 0 heterocycles. The molecule has 2 N–H and O–H groups in total. The fraction of sp³-hybridized carbons (Fsp3) is 0.333. The van der Waals surface area contributed by atoms with Crippen LogP contribution in [0.25, 0.3) is 0 Å². The van der Waals surface area contributed by atoms with E-state index in [0.29, 0.717) is 11.6 Å². The highest BCUT2D eigenvalue weighted by molar-refractivity contribution is 9.10. The first-order valence-corrected chi connectivity index (χ1v) is 5.02. The van der Waals surface area contributed by atoms with Crippen molar-refractivity contribution in [2.45, 2.75) is 6.04 Å². The highest BCUT2D eigenvalue weighted by Crippen LogP contribution is 2.29. The minimum atomic E-state index is -0.171. The third kappa shape index (κ3) is 2.68. The summed E-state index contributed by atoms with van der Waals surface area (Å²) in [6, 6.07) is 5.51. The number of methoxy groups -OCH3 is 1. The molecule has 0 amide bonds. The van der Waals surface area contributed by atoms with Gasteiger partial charge in [-0.25, -0.2) is 0 Å². The lowest BCUT2D eigenvalue weighted by molar-refractivity contribution is 0.181. The van der Waals surface area contributed by atoms with Crippen molar-refractivity contribution in [2.75, 3.05) is 13.7 Å². The molecule has 0 aliphatic carbocycles. The molecule has 0 aliphatic heterocycles. The lowest BCUT2D eigenvalue weighted by atomic mass is 10.1. The highest BCUT2D eigenvalue weighted by Gasteiger charge is 2.11. The first-order valence-electron chi connectivity index (χ1n) is 3.85. The van der Waals surface area contributed by atoms with Crippen LogP contribution in [0.2, 0.25) is 5.02 Å². The van der Waals surface area contributed by atoms with Crippen molar-refractivity contribution in [3.63, 3.8) is 0 Å². The van der Waals surface area contributed by atoms with E-state index in [2.05, 4.69) is 15.9 Å². The Morgan fingerprint density at radius 3 is 2.92 bits per heavy atom. The molecule has 0 aliphatic rings. The Morgan fingerprint density at radius 2 is 2.31 bits per heavy atom. The molecule has 1 aromatic carbocycles. The standard InChI is InChI=1S/C9H11BrClNO/c1-13-5-8(12)6-3-2-4-7(10)9(6)11/h2-4,8H,5,12H2,1H3/t8-/m1/s1. The number of hydrogen-bond acceptors (Lipinski definition) is 2. The van der Waals surface area contributed by atoms with Gasteiger partial charge >= 0.3 is 0 Å². The molecule has 0 unspecified atom stereocenters. The van der Waals surface area contributed by atoms with E-state index in [1.165, 1.54) is 0 Å². The van der Waals surface area contributed by atoms with Gasteiger partial charge in [0.1, 0.15) is 0 Å². The van der Waals surface area contributed by atoms with Crippen molar-refractivity contribution in [3.8, 4) is 0 Å². The van der Waals surface area contributed by atoms with Gasteiger partial charge in [-0.1, -0.05) is 23.7 Å². The minimum absolute atomic E-state index is 0.171.